The van der Waals surface area contributed by atoms with E-state index < -0.39 is 11.6 Å². The molecular formula is C15H17F2N3O. The summed E-state index contributed by atoms with van der Waals surface area (Å²) >= 11 is 0. The summed E-state index contributed by atoms with van der Waals surface area (Å²) in [6.45, 7) is 2.51. The maximum Gasteiger partial charge on any atom is 0.169 e. The standard InChI is InChI=1S/C15H17F2N3O/c1-3-7-18-14-12(16)9-13(17)15(20-14)19-10-5-4-6-11(8-10)21-2/h4-6,8-9H,3,7H2,1-2H3,(H2,18,19,20). The fourth-order valence-electron chi connectivity index (χ4n) is 1.76. The van der Waals surface area contributed by atoms with Gasteiger partial charge in [-0.1, -0.05) is 13.0 Å². The summed E-state index contributed by atoms with van der Waals surface area (Å²) in [5.74, 6) is -0.840. The molecule has 1 aromatic carbocycles. The van der Waals surface area contributed by atoms with E-state index in [-0.39, 0.29) is 11.6 Å². The van der Waals surface area contributed by atoms with Crippen LogP contribution in [0.3, 0.4) is 0 Å². The zero-order valence-electron chi connectivity index (χ0n) is 11.9. The lowest BCUT2D eigenvalue weighted by molar-refractivity contribution is 0.415. The van der Waals surface area contributed by atoms with Gasteiger partial charge in [0, 0.05) is 24.4 Å². The van der Waals surface area contributed by atoms with Crippen LogP contribution < -0.4 is 15.4 Å². The Balaban J connectivity index is 2.25. The highest BCUT2D eigenvalue weighted by Crippen LogP contribution is 2.24. The summed E-state index contributed by atoms with van der Waals surface area (Å²) in [5, 5.41) is 5.64. The van der Waals surface area contributed by atoms with Gasteiger partial charge >= 0.3 is 0 Å². The van der Waals surface area contributed by atoms with Gasteiger partial charge in [-0.2, -0.15) is 0 Å². The first-order valence-corrected chi connectivity index (χ1v) is 6.65. The van der Waals surface area contributed by atoms with Crippen molar-refractivity contribution >= 4 is 17.3 Å². The molecule has 21 heavy (non-hydrogen) atoms. The Morgan fingerprint density at radius 2 is 1.90 bits per heavy atom. The summed E-state index contributed by atoms with van der Waals surface area (Å²) < 4.78 is 32.5. The lowest BCUT2D eigenvalue weighted by atomic mass is 10.3. The highest BCUT2D eigenvalue weighted by Gasteiger charge is 2.12. The van der Waals surface area contributed by atoms with Crippen LogP contribution in [-0.2, 0) is 0 Å². The fourth-order valence-corrected chi connectivity index (χ4v) is 1.76. The van der Waals surface area contributed by atoms with Crippen molar-refractivity contribution in [2.24, 2.45) is 0 Å². The van der Waals surface area contributed by atoms with Crippen LogP contribution in [0, 0.1) is 11.6 Å². The van der Waals surface area contributed by atoms with Crippen molar-refractivity contribution in [2.75, 3.05) is 24.3 Å². The summed E-state index contributed by atoms with van der Waals surface area (Å²) in [6, 6.07) is 7.79. The van der Waals surface area contributed by atoms with Crippen molar-refractivity contribution in [3.63, 3.8) is 0 Å². The average Bonchev–Trinajstić information content (AvgIpc) is 2.49. The third-order valence-electron chi connectivity index (χ3n) is 2.80. The Kier molecular flexibility index (Phi) is 4.92. The number of benzene rings is 1. The highest BCUT2D eigenvalue weighted by molar-refractivity contribution is 5.60. The molecule has 1 heterocycles. The number of rotatable bonds is 6. The second kappa shape index (κ2) is 6.88. The number of halogens is 2. The molecule has 2 aromatic rings. The van der Waals surface area contributed by atoms with Gasteiger partial charge in [0.25, 0.3) is 0 Å². The number of nitrogens with one attached hydrogen (secondary N) is 2. The molecule has 0 aliphatic rings. The topological polar surface area (TPSA) is 46.2 Å². The van der Waals surface area contributed by atoms with Crippen LogP contribution in [0.1, 0.15) is 13.3 Å². The minimum Gasteiger partial charge on any atom is -0.497 e. The fraction of sp³-hybridized carbons (Fsp3) is 0.267. The molecular weight excluding hydrogens is 276 g/mol. The number of hydrogen-bond acceptors (Lipinski definition) is 4. The van der Waals surface area contributed by atoms with E-state index >= 15 is 0 Å². The predicted molar refractivity (Wildman–Crippen MR) is 79.2 cm³/mol. The molecule has 1 aromatic heterocycles. The van der Waals surface area contributed by atoms with Crippen LogP contribution in [0.2, 0.25) is 0 Å². The number of ether oxygens (including phenoxy) is 1. The summed E-state index contributed by atoms with van der Waals surface area (Å²) in [4.78, 5) is 3.95. The van der Waals surface area contributed by atoms with Gasteiger partial charge in [0.15, 0.2) is 23.3 Å². The van der Waals surface area contributed by atoms with Gasteiger partial charge in [-0.3, -0.25) is 0 Å². The molecule has 4 nitrogen and oxygen atoms in total. The number of pyridine rings is 1. The van der Waals surface area contributed by atoms with E-state index in [9.17, 15) is 8.78 Å². The summed E-state index contributed by atoms with van der Waals surface area (Å²) in [7, 11) is 1.54. The number of methoxy groups -OCH3 is 1. The molecule has 0 aliphatic carbocycles. The van der Waals surface area contributed by atoms with Crippen molar-refractivity contribution in [1.29, 1.82) is 0 Å². The summed E-state index contributed by atoms with van der Waals surface area (Å²) in [6.07, 6.45) is 0.817. The molecule has 2 rings (SSSR count). The van der Waals surface area contributed by atoms with Gasteiger partial charge in [0.05, 0.1) is 7.11 Å². The molecule has 0 saturated carbocycles. The van der Waals surface area contributed by atoms with Crippen LogP contribution in [-0.4, -0.2) is 18.6 Å². The largest absolute Gasteiger partial charge is 0.497 e. The zero-order chi connectivity index (χ0) is 15.2. The highest BCUT2D eigenvalue weighted by atomic mass is 19.1. The third-order valence-corrected chi connectivity index (χ3v) is 2.80. The maximum absolute atomic E-state index is 13.8. The molecule has 0 bridgehead atoms. The van der Waals surface area contributed by atoms with E-state index in [0.717, 1.165) is 12.5 Å². The molecule has 0 spiro atoms. The van der Waals surface area contributed by atoms with Crippen LogP contribution in [0.15, 0.2) is 30.3 Å². The van der Waals surface area contributed by atoms with Crippen LogP contribution in [0.25, 0.3) is 0 Å². The lowest BCUT2D eigenvalue weighted by Crippen LogP contribution is -2.07. The van der Waals surface area contributed by atoms with Gasteiger partial charge in [0.2, 0.25) is 0 Å². The number of hydrogen-bond donors (Lipinski definition) is 2. The van der Waals surface area contributed by atoms with Gasteiger partial charge in [-0.15, -0.1) is 0 Å². The molecule has 112 valence electrons. The minimum absolute atomic E-state index is 0.0312. The molecule has 0 amide bonds. The molecule has 0 atom stereocenters. The minimum atomic E-state index is -0.752. The van der Waals surface area contributed by atoms with E-state index in [0.29, 0.717) is 18.0 Å². The predicted octanol–water partition coefficient (Wildman–Crippen LogP) is 3.93. The molecule has 0 radical (unpaired) electrons. The van der Waals surface area contributed by atoms with Crippen molar-refractivity contribution < 1.29 is 13.5 Å². The first kappa shape index (κ1) is 15.0. The Labute approximate surface area is 122 Å². The zero-order valence-corrected chi connectivity index (χ0v) is 11.9. The molecule has 0 unspecified atom stereocenters. The van der Waals surface area contributed by atoms with Crippen molar-refractivity contribution in [3.8, 4) is 5.75 Å². The maximum atomic E-state index is 13.8. The van der Waals surface area contributed by atoms with Crippen LogP contribution in [0.4, 0.5) is 26.1 Å². The van der Waals surface area contributed by atoms with E-state index in [1.807, 2.05) is 6.92 Å². The second-order valence-electron chi connectivity index (χ2n) is 4.43. The third kappa shape index (κ3) is 3.81. The van der Waals surface area contributed by atoms with Gasteiger partial charge < -0.3 is 15.4 Å². The molecule has 6 heteroatoms. The first-order valence-electron chi connectivity index (χ1n) is 6.65. The number of nitrogens with zero attached hydrogens (tertiary/aromatic N) is 1. The molecule has 2 N–H and O–H groups in total. The quantitative estimate of drug-likeness (QED) is 0.847. The van der Waals surface area contributed by atoms with Gasteiger partial charge in [0.1, 0.15) is 5.75 Å². The monoisotopic (exact) mass is 293 g/mol. The van der Waals surface area contributed by atoms with E-state index in [1.54, 1.807) is 31.4 Å². The van der Waals surface area contributed by atoms with Crippen molar-refractivity contribution in [2.45, 2.75) is 13.3 Å². The molecule has 0 fully saturated rings. The number of aromatic nitrogens is 1. The van der Waals surface area contributed by atoms with Crippen LogP contribution in [0.5, 0.6) is 5.75 Å². The van der Waals surface area contributed by atoms with Crippen molar-refractivity contribution in [3.05, 3.63) is 42.0 Å². The SMILES string of the molecule is CCCNc1nc(Nc2cccc(OC)c2)c(F)cc1F. The Bertz CT molecular complexity index is 620. The number of anilines is 3. The molecule has 0 saturated heterocycles. The van der Waals surface area contributed by atoms with E-state index in [4.69, 9.17) is 4.74 Å². The van der Waals surface area contributed by atoms with E-state index in [2.05, 4.69) is 15.6 Å². The van der Waals surface area contributed by atoms with E-state index in [1.165, 1.54) is 0 Å². The van der Waals surface area contributed by atoms with Crippen molar-refractivity contribution in [1.82, 2.24) is 4.98 Å². The second-order valence-corrected chi connectivity index (χ2v) is 4.43. The van der Waals surface area contributed by atoms with Gasteiger partial charge in [-0.05, 0) is 18.6 Å². The Morgan fingerprint density at radius 1 is 1.14 bits per heavy atom. The van der Waals surface area contributed by atoms with Gasteiger partial charge in [-0.25, -0.2) is 13.8 Å². The Hall–Kier alpha value is -2.37. The van der Waals surface area contributed by atoms with Crippen LogP contribution >= 0.6 is 0 Å². The normalized spacial score (nSPS) is 10.3. The first-order chi connectivity index (χ1) is 10.1. The smallest absolute Gasteiger partial charge is 0.169 e. The average molecular weight is 293 g/mol. The Morgan fingerprint density at radius 3 is 2.62 bits per heavy atom. The molecule has 0 aliphatic heterocycles. The summed E-state index contributed by atoms with van der Waals surface area (Å²) in [5.41, 5.74) is 0.605. The lowest BCUT2D eigenvalue weighted by Gasteiger charge is -2.11.